The molecule has 0 radical (unpaired) electrons. The van der Waals surface area contributed by atoms with Gasteiger partial charge in [0.25, 0.3) is 0 Å². The van der Waals surface area contributed by atoms with Gasteiger partial charge in [-0.1, -0.05) is 6.07 Å². The largest absolute Gasteiger partial charge is 0.480 e. The van der Waals surface area contributed by atoms with E-state index in [2.05, 4.69) is 5.32 Å². The SMILES string of the molecule is N[C@@H](CNC(=O)Oc1cccc(C(=O)O)c1)C(=O)O. The van der Waals surface area contributed by atoms with Gasteiger partial charge < -0.3 is 26.0 Å². The van der Waals surface area contributed by atoms with Gasteiger partial charge in [0.1, 0.15) is 11.8 Å². The molecule has 0 saturated heterocycles. The fourth-order valence-electron chi connectivity index (χ4n) is 1.12. The minimum Gasteiger partial charge on any atom is -0.480 e. The molecule has 0 aromatic heterocycles. The van der Waals surface area contributed by atoms with Crippen LogP contribution in [0.1, 0.15) is 10.4 Å². The molecular formula is C11H12N2O6. The first-order chi connectivity index (χ1) is 8.90. The number of carboxylic acids is 2. The van der Waals surface area contributed by atoms with Crippen LogP contribution in [0.25, 0.3) is 0 Å². The Morgan fingerprint density at radius 1 is 1.32 bits per heavy atom. The number of benzene rings is 1. The molecule has 0 bridgehead atoms. The van der Waals surface area contributed by atoms with E-state index >= 15 is 0 Å². The summed E-state index contributed by atoms with van der Waals surface area (Å²) in [6.45, 7) is -0.299. The quantitative estimate of drug-likeness (QED) is 0.584. The van der Waals surface area contributed by atoms with Gasteiger partial charge in [0.2, 0.25) is 0 Å². The lowest BCUT2D eigenvalue weighted by atomic mass is 10.2. The van der Waals surface area contributed by atoms with E-state index in [1.807, 2.05) is 0 Å². The normalized spacial score (nSPS) is 11.4. The Bertz CT molecular complexity index is 502. The van der Waals surface area contributed by atoms with Crippen molar-refractivity contribution in [3.63, 3.8) is 0 Å². The van der Waals surface area contributed by atoms with Crippen molar-refractivity contribution in [3.8, 4) is 5.75 Å². The topological polar surface area (TPSA) is 139 Å². The molecule has 5 N–H and O–H groups in total. The van der Waals surface area contributed by atoms with Gasteiger partial charge in [-0.3, -0.25) is 4.79 Å². The van der Waals surface area contributed by atoms with E-state index in [1.165, 1.54) is 24.3 Å². The van der Waals surface area contributed by atoms with Crippen molar-refractivity contribution < 1.29 is 29.3 Å². The van der Waals surface area contributed by atoms with E-state index in [0.717, 1.165) is 0 Å². The minimum atomic E-state index is -1.26. The Balaban J connectivity index is 2.55. The maximum absolute atomic E-state index is 11.3. The number of hydrogen-bond acceptors (Lipinski definition) is 5. The highest BCUT2D eigenvalue weighted by molar-refractivity contribution is 5.88. The third-order valence-corrected chi connectivity index (χ3v) is 2.08. The average Bonchev–Trinajstić information content (AvgIpc) is 2.36. The Labute approximate surface area is 107 Å². The number of aliphatic carboxylic acids is 1. The fourth-order valence-corrected chi connectivity index (χ4v) is 1.12. The van der Waals surface area contributed by atoms with Crippen LogP contribution in [0.5, 0.6) is 5.75 Å². The van der Waals surface area contributed by atoms with Crippen molar-refractivity contribution >= 4 is 18.0 Å². The molecule has 102 valence electrons. The molecule has 1 rings (SSSR count). The maximum atomic E-state index is 11.3. The molecule has 0 spiro atoms. The number of hydrogen-bond donors (Lipinski definition) is 4. The zero-order valence-electron chi connectivity index (χ0n) is 9.70. The van der Waals surface area contributed by atoms with Gasteiger partial charge >= 0.3 is 18.0 Å². The van der Waals surface area contributed by atoms with E-state index in [9.17, 15) is 14.4 Å². The van der Waals surface area contributed by atoms with Crippen LogP contribution in [-0.4, -0.2) is 40.8 Å². The lowest BCUT2D eigenvalue weighted by Crippen LogP contribution is -2.43. The molecule has 1 amide bonds. The second kappa shape index (κ2) is 6.36. The summed E-state index contributed by atoms with van der Waals surface area (Å²) in [6.07, 6.45) is -0.917. The Hall–Kier alpha value is -2.61. The number of rotatable bonds is 5. The zero-order chi connectivity index (χ0) is 14.4. The summed E-state index contributed by atoms with van der Waals surface area (Å²) < 4.78 is 4.77. The summed E-state index contributed by atoms with van der Waals surface area (Å²) in [6, 6.07) is 4.07. The van der Waals surface area contributed by atoms with E-state index in [4.69, 9.17) is 20.7 Å². The second-order valence-electron chi connectivity index (χ2n) is 3.55. The number of amides is 1. The molecule has 1 aromatic carbocycles. The molecule has 0 aliphatic carbocycles. The first-order valence-electron chi connectivity index (χ1n) is 5.17. The third-order valence-electron chi connectivity index (χ3n) is 2.08. The van der Waals surface area contributed by atoms with Crippen LogP contribution in [-0.2, 0) is 4.79 Å². The summed E-state index contributed by atoms with van der Waals surface area (Å²) in [5.74, 6) is -2.38. The van der Waals surface area contributed by atoms with Crippen molar-refractivity contribution in [1.29, 1.82) is 0 Å². The van der Waals surface area contributed by atoms with E-state index < -0.39 is 24.1 Å². The highest BCUT2D eigenvalue weighted by atomic mass is 16.6. The summed E-state index contributed by atoms with van der Waals surface area (Å²) in [5.41, 5.74) is 5.14. The van der Waals surface area contributed by atoms with Crippen LogP contribution in [0.2, 0.25) is 0 Å². The molecule has 19 heavy (non-hydrogen) atoms. The smallest absolute Gasteiger partial charge is 0.412 e. The van der Waals surface area contributed by atoms with Gasteiger partial charge in [-0.15, -0.1) is 0 Å². The van der Waals surface area contributed by atoms with Crippen molar-refractivity contribution in [3.05, 3.63) is 29.8 Å². The molecule has 8 heteroatoms. The molecule has 0 saturated carbocycles. The Morgan fingerprint density at radius 2 is 2.00 bits per heavy atom. The average molecular weight is 268 g/mol. The van der Waals surface area contributed by atoms with Gasteiger partial charge in [-0.05, 0) is 18.2 Å². The minimum absolute atomic E-state index is 0.0290. The first kappa shape index (κ1) is 14.5. The highest BCUT2D eigenvalue weighted by Gasteiger charge is 2.14. The van der Waals surface area contributed by atoms with Crippen LogP contribution < -0.4 is 15.8 Å². The zero-order valence-corrected chi connectivity index (χ0v) is 9.70. The molecular weight excluding hydrogens is 256 g/mol. The highest BCUT2D eigenvalue weighted by Crippen LogP contribution is 2.13. The maximum Gasteiger partial charge on any atom is 0.412 e. The Kier molecular flexibility index (Phi) is 4.84. The molecule has 8 nitrogen and oxygen atoms in total. The number of nitrogens with one attached hydrogen (secondary N) is 1. The van der Waals surface area contributed by atoms with Gasteiger partial charge in [0.05, 0.1) is 5.56 Å². The lowest BCUT2D eigenvalue weighted by Gasteiger charge is -2.09. The second-order valence-corrected chi connectivity index (χ2v) is 3.55. The van der Waals surface area contributed by atoms with Crippen LogP contribution in [0, 0.1) is 0 Å². The van der Waals surface area contributed by atoms with Gasteiger partial charge in [0.15, 0.2) is 0 Å². The van der Waals surface area contributed by atoms with Gasteiger partial charge in [0, 0.05) is 6.54 Å². The fraction of sp³-hybridized carbons (Fsp3) is 0.182. The van der Waals surface area contributed by atoms with E-state index in [1.54, 1.807) is 0 Å². The van der Waals surface area contributed by atoms with Crippen LogP contribution in [0.4, 0.5) is 4.79 Å². The summed E-state index contributed by atoms with van der Waals surface area (Å²) in [5, 5.41) is 19.4. The standard InChI is InChI=1S/C11H12N2O6/c12-8(10(16)17)5-13-11(18)19-7-3-1-2-6(4-7)9(14)15/h1-4,8H,5,12H2,(H,13,18)(H,14,15)(H,16,17)/t8-/m0/s1. The molecule has 0 heterocycles. The molecule has 0 unspecified atom stereocenters. The van der Waals surface area contributed by atoms with Gasteiger partial charge in [-0.25, -0.2) is 9.59 Å². The molecule has 0 aliphatic heterocycles. The van der Waals surface area contributed by atoms with Crippen molar-refractivity contribution in [2.75, 3.05) is 6.54 Å². The third kappa shape index (κ3) is 4.64. The van der Waals surface area contributed by atoms with Crippen molar-refractivity contribution in [2.24, 2.45) is 5.73 Å². The van der Waals surface area contributed by atoms with E-state index in [0.29, 0.717) is 0 Å². The molecule has 1 atom stereocenters. The number of carbonyl (C=O) groups is 3. The first-order valence-corrected chi connectivity index (χ1v) is 5.17. The summed E-state index contributed by atoms with van der Waals surface area (Å²) in [7, 11) is 0. The molecule has 1 aromatic rings. The molecule has 0 aliphatic rings. The summed E-state index contributed by atoms with van der Waals surface area (Å²) in [4.78, 5) is 32.4. The lowest BCUT2D eigenvalue weighted by molar-refractivity contribution is -0.138. The Morgan fingerprint density at radius 3 is 2.58 bits per heavy atom. The van der Waals surface area contributed by atoms with Crippen LogP contribution >= 0.6 is 0 Å². The van der Waals surface area contributed by atoms with E-state index in [-0.39, 0.29) is 17.9 Å². The van der Waals surface area contributed by atoms with Crippen molar-refractivity contribution in [1.82, 2.24) is 5.32 Å². The molecule has 0 fully saturated rings. The number of aromatic carboxylic acids is 1. The number of nitrogens with two attached hydrogens (primary N) is 1. The van der Waals surface area contributed by atoms with Crippen LogP contribution in [0.15, 0.2) is 24.3 Å². The van der Waals surface area contributed by atoms with Gasteiger partial charge in [-0.2, -0.15) is 0 Å². The van der Waals surface area contributed by atoms with Crippen molar-refractivity contribution in [2.45, 2.75) is 6.04 Å². The number of carboxylic acid groups (broad SMARTS) is 2. The number of ether oxygens (including phenoxy) is 1. The predicted octanol–water partition coefficient (Wildman–Crippen LogP) is -0.115. The summed E-state index contributed by atoms with van der Waals surface area (Å²) >= 11 is 0. The van der Waals surface area contributed by atoms with Crippen LogP contribution in [0.3, 0.4) is 0 Å². The monoisotopic (exact) mass is 268 g/mol. The number of carbonyl (C=O) groups excluding carboxylic acids is 1. The predicted molar refractivity (Wildman–Crippen MR) is 63.0 cm³/mol.